The molecule has 0 aromatic heterocycles. The highest BCUT2D eigenvalue weighted by Gasteiger charge is 2.41. The van der Waals surface area contributed by atoms with Gasteiger partial charge in [0.2, 0.25) is 5.91 Å². The van der Waals surface area contributed by atoms with Crippen LogP contribution in [-0.2, 0) is 4.79 Å². The summed E-state index contributed by atoms with van der Waals surface area (Å²) in [4.78, 5) is 14.4. The molecule has 1 amide bonds. The fourth-order valence-electron chi connectivity index (χ4n) is 4.21. The number of aryl methyl sites for hydroxylation is 2. The number of hydrogen-bond acceptors (Lipinski definition) is 2. The van der Waals surface area contributed by atoms with Crippen LogP contribution in [0.4, 0.5) is 24.5 Å². The van der Waals surface area contributed by atoms with Crippen LogP contribution >= 0.6 is 0 Å². The fraction of sp³-hybridized carbons (Fsp3) is 0.542. The minimum absolute atomic E-state index is 0.0169. The highest BCUT2D eigenvalue weighted by molar-refractivity contribution is 5.93. The van der Waals surface area contributed by atoms with Gasteiger partial charge in [0.25, 0.3) is 0 Å². The zero-order valence-corrected chi connectivity index (χ0v) is 18.4. The van der Waals surface area contributed by atoms with Crippen molar-refractivity contribution < 1.29 is 18.0 Å². The van der Waals surface area contributed by atoms with Gasteiger partial charge in [-0.1, -0.05) is 26.8 Å². The number of amides is 1. The van der Waals surface area contributed by atoms with Crippen LogP contribution in [0.3, 0.4) is 0 Å². The van der Waals surface area contributed by atoms with Gasteiger partial charge >= 0.3 is 6.18 Å². The molecule has 0 fully saturated rings. The number of anilines is 2. The number of nitrogens with one attached hydrogen (secondary N) is 1. The molecule has 6 heteroatoms. The monoisotopic (exact) mass is 420 g/mol. The number of allylic oxidation sites excluding steroid dienone is 2. The zero-order valence-electron chi connectivity index (χ0n) is 18.4. The third-order valence-corrected chi connectivity index (χ3v) is 5.73. The smallest absolute Gasteiger partial charge is 0.347 e. The molecule has 0 saturated heterocycles. The molecule has 1 unspecified atom stereocenters. The number of fused-ring (bicyclic) bond motifs is 1. The maximum Gasteiger partial charge on any atom is 0.392 e. The predicted octanol–water partition coefficient (Wildman–Crippen LogP) is 6.67. The molecule has 2 aliphatic rings. The van der Waals surface area contributed by atoms with Crippen molar-refractivity contribution in [1.82, 2.24) is 0 Å². The van der Waals surface area contributed by atoms with Gasteiger partial charge in [-0.2, -0.15) is 13.2 Å². The molecule has 1 atom stereocenters. The Morgan fingerprint density at radius 3 is 2.33 bits per heavy atom. The highest BCUT2D eigenvalue weighted by atomic mass is 19.4. The van der Waals surface area contributed by atoms with Crippen molar-refractivity contribution >= 4 is 17.3 Å². The second-order valence-electron chi connectivity index (χ2n) is 9.75. The molecular formula is C24H31F3N2O. The second-order valence-corrected chi connectivity index (χ2v) is 9.75. The Balaban J connectivity index is 1.81. The Hall–Kier alpha value is -2.24. The molecule has 0 radical (unpaired) electrons. The Bertz CT molecular complexity index is 868. The van der Waals surface area contributed by atoms with Gasteiger partial charge in [0.1, 0.15) is 0 Å². The molecule has 164 valence electrons. The Morgan fingerprint density at radius 1 is 1.13 bits per heavy atom. The molecule has 1 aromatic rings. The van der Waals surface area contributed by atoms with E-state index < -0.39 is 12.1 Å². The second kappa shape index (κ2) is 8.12. The lowest BCUT2D eigenvalue weighted by molar-refractivity contribution is -0.173. The zero-order chi connectivity index (χ0) is 22.3. The molecule has 30 heavy (non-hydrogen) atoms. The van der Waals surface area contributed by atoms with Crippen LogP contribution in [0, 0.1) is 25.2 Å². The third-order valence-electron chi connectivity index (χ3n) is 5.73. The fourth-order valence-corrected chi connectivity index (χ4v) is 4.21. The Morgan fingerprint density at radius 2 is 1.77 bits per heavy atom. The maximum absolute atomic E-state index is 13.2. The van der Waals surface area contributed by atoms with Gasteiger partial charge in [0.15, 0.2) is 0 Å². The first-order valence-corrected chi connectivity index (χ1v) is 10.5. The summed E-state index contributed by atoms with van der Waals surface area (Å²) in [6, 6.07) is 3.99. The summed E-state index contributed by atoms with van der Waals surface area (Å²) in [5.41, 5.74) is 5.39. The lowest BCUT2D eigenvalue weighted by Gasteiger charge is -2.34. The first kappa shape index (κ1) is 22.4. The average Bonchev–Trinajstić information content (AvgIpc) is 2.61. The van der Waals surface area contributed by atoms with Crippen LogP contribution in [0.2, 0.25) is 0 Å². The molecule has 1 N–H and O–H groups in total. The lowest BCUT2D eigenvalue weighted by atomic mass is 9.82. The molecule has 0 spiro atoms. The van der Waals surface area contributed by atoms with Crippen LogP contribution in [-0.4, -0.2) is 18.6 Å². The van der Waals surface area contributed by atoms with Gasteiger partial charge in [-0.05, 0) is 72.9 Å². The molecule has 0 bridgehead atoms. The first-order valence-electron chi connectivity index (χ1n) is 10.5. The van der Waals surface area contributed by atoms with Crippen molar-refractivity contribution in [3.8, 4) is 0 Å². The summed E-state index contributed by atoms with van der Waals surface area (Å²) in [5, 5.41) is 3.03. The first-order chi connectivity index (χ1) is 13.8. The van der Waals surface area contributed by atoms with E-state index in [0.717, 1.165) is 46.6 Å². The SMILES string of the molecule is Cc1cc(N2C=C3CC(C(F)(F)F)CC=C3CC2)cc(C)c1NC(=O)CC(C)(C)C. The normalized spacial score (nSPS) is 19.7. The van der Waals surface area contributed by atoms with Crippen molar-refractivity contribution in [3.63, 3.8) is 0 Å². The van der Waals surface area contributed by atoms with E-state index in [9.17, 15) is 18.0 Å². The van der Waals surface area contributed by atoms with Crippen LogP contribution < -0.4 is 10.2 Å². The Labute approximate surface area is 177 Å². The quantitative estimate of drug-likeness (QED) is 0.592. The van der Waals surface area contributed by atoms with Crippen LogP contribution in [0.5, 0.6) is 0 Å². The molecule has 1 aliphatic heterocycles. The number of carbonyl (C=O) groups is 1. The highest BCUT2D eigenvalue weighted by Crippen LogP contribution is 2.42. The number of hydrogen-bond donors (Lipinski definition) is 1. The van der Waals surface area contributed by atoms with Gasteiger partial charge in [-0.3, -0.25) is 4.79 Å². The molecule has 3 rings (SSSR count). The van der Waals surface area contributed by atoms with Gasteiger partial charge in [-0.25, -0.2) is 0 Å². The minimum atomic E-state index is -4.16. The van der Waals surface area contributed by atoms with E-state index in [1.165, 1.54) is 0 Å². The molecule has 1 aromatic carbocycles. The molecule has 1 heterocycles. The molecule has 0 saturated carbocycles. The predicted molar refractivity (Wildman–Crippen MR) is 116 cm³/mol. The molecule has 1 aliphatic carbocycles. The summed E-state index contributed by atoms with van der Waals surface area (Å²) in [5.74, 6) is -1.31. The largest absolute Gasteiger partial charge is 0.392 e. The summed E-state index contributed by atoms with van der Waals surface area (Å²) in [6.45, 7) is 10.7. The van der Waals surface area contributed by atoms with E-state index in [1.54, 1.807) is 6.08 Å². The summed E-state index contributed by atoms with van der Waals surface area (Å²) in [6.07, 6.45) is 0.779. The third kappa shape index (κ3) is 5.27. The van der Waals surface area contributed by atoms with Gasteiger partial charge < -0.3 is 10.2 Å². The number of rotatable bonds is 3. The lowest BCUT2D eigenvalue weighted by Crippen LogP contribution is -2.30. The van der Waals surface area contributed by atoms with Crippen molar-refractivity contribution in [1.29, 1.82) is 0 Å². The van der Waals surface area contributed by atoms with E-state index in [4.69, 9.17) is 0 Å². The van der Waals surface area contributed by atoms with Crippen molar-refractivity contribution in [3.05, 3.63) is 46.7 Å². The van der Waals surface area contributed by atoms with E-state index in [1.807, 2.05) is 57.9 Å². The van der Waals surface area contributed by atoms with Crippen LogP contribution in [0.15, 0.2) is 35.6 Å². The van der Waals surface area contributed by atoms with Crippen molar-refractivity contribution in [2.24, 2.45) is 11.3 Å². The molecular weight excluding hydrogens is 389 g/mol. The number of halogens is 3. The van der Waals surface area contributed by atoms with Gasteiger partial charge in [0.05, 0.1) is 5.92 Å². The standard InChI is InChI=1S/C24H31F3N2O/c1-15-10-20(11-16(2)22(15)28-21(30)13-23(3,4)5)29-9-8-17-6-7-19(24(25,26)27)12-18(17)14-29/h6,10-11,14,19H,7-9,12-13H2,1-5H3,(H,28,30). The number of alkyl halides is 3. The number of benzene rings is 1. The maximum atomic E-state index is 13.2. The molecule has 3 nitrogen and oxygen atoms in total. The van der Waals surface area contributed by atoms with Gasteiger partial charge in [-0.15, -0.1) is 0 Å². The van der Waals surface area contributed by atoms with Crippen molar-refractivity contribution in [2.75, 3.05) is 16.8 Å². The summed E-state index contributed by atoms with van der Waals surface area (Å²) >= 11 is 0. The van der Waals surface area contributed by atoms with Gasteiger partial charge in [0, 0.05) is 30.5 Å². The topological polar surface area (TPSA) is 32.3 Å². The number of carbonyl (C=O) groups excluding carboxylic acids is 1. The van der Waals surface area contributed by atoms with Crippen LogP contribution in [0.1, 0.15) is 57.6 Å². The Kier molecular flexibility index (Phi) is 6.08. The van der Waals surface area contributed by atoms with E-state index in [0.29, 0.717) is 6.42 Å². The van der Waals surface area contributed by atoms with E-state index in [2.05, 4.69) is 5.32 Å². The number of nitrogens with zero attached hydrogens (tertiary/aromatic N) is 1. The van der Waals surface area contributed by atoms with Crippen molar-refractivity contribution in [2.45, 2.75) is 66.5 Å². The average molecular weight is 421 g/mol. The van der Waals surface area contributed by atoms with Crippen LogP contribution in [0.25, 0.3) is 0 Å². The van der Waals surface area contributed by atoms with E-state index in [-0.39, 0.29) is 24.2 Å². The summed E-state index contributed by atoms with van der Waals surface area (Å²) in [7, 11) is 0. The van der Waals surface area contributed by atoms with E-state index >= 15 is 0 Å². The summed E-state index contributed by atoms with van der Waals surface area (Å²) < 4.78 is 39.5. The minimum Gasteiger partial charge on any atom is -0.347 e.